The number of rotatable bonds is 3. The van der Waals surface area contributed by atoms with Gasteiger partial charge in [-0.15, -0.1) is 0 Å². The maximum Gasteiger partial charge on any atom is 0.251 e. The maximum atomic E-state index is 15.0. The van der Waals surface area contributed by atoms with Gasteiger partial charge in [0.2, 0.25) is 17.7 Å². The predicted octanol–water partition coefficient (Wildman–Crippen LogP) is 3.68. The van der Waals surface area contributed by atoms with Crippen LogP contribution in [0.4, 0.5) is 4.39 Å². The van der Waals surface area contributed by atoms with Gasteiger partial charge in [0.05, 0.1) is 7.11 Å². The summed E-state index contributed by atoms with van der Waals surface area (Å²) in [5.41, 5.74) is 0.812. The summed E-state index contributed by atoms with van der Waals surface area (Å²) in [7, 11) is 1.45. The van der Waals surface area contributed by atoms with Crippen LogP contribution in [0.5, 0.6) is 17.2 Å². The molecule has 42 heavy (non-hydrogen) atoms. The quantitative estimate of drug-likeness (QED) is 0.507. The van der Waals surface area contributed by atoms with Crippen LogP contribution in [0.3, 0.4) is 0 Å². The topological polar surface area (TPSA) is 126 Å². The van der Waals surface area contributed by atoms with Gasteiger partial charge in [-0.2, -0.15) is 0 Å². The molecule has 3 N–H and O–H groups in total. The summed E-state index contributed by atoms with van der Waals surface area (Å²) in [6.45, 7) is 3.05. The van der Waals surface area contributed by atoms with Crippen molar-refractivity contribution >= 4 is 23.6 Å². The minimum atomic E-state index is -0.734. The minimum Gasteiger partial charge on any atom is -0.493 e. The smallest absolute Gasteiger partial charge is 0.251 e. The highest BCUT2D eigenvalue weighted by Gasteiger charge is 2.29. The van der Waals surface area contributed by atoms with Gasteiger partial charge in [-0.25, -0.2) is 4.39 Å². The lowest BCUT2D eigenvalue weighted by atomic mass is 9.84. The van der Waals surface area contributed by atoms with Crippen LogP contribution in [-0.4, -0.2) is 61.3 Å². The van der Waals surface area contributed by atoms with Crippen LogP contribution in [0.15, 0.2) is 36.4 Å². The first-order valence-electron chi connectivity index (χ1n) is 14.6. The lowest BCUT2D eigenvalue weighted by Crippen LogP contribution is -2.46. The van der Waals surface area contributed by atoms with Gasteiger partial charge in [-0.1, -0.05) is 19.4 Å². The number of nitrogens with one attached hydrogen (secondary N) is 3. The molecular weight excluding hydrogens is 543 g/mol. The summed E-state index contributed by atoms with van der Waals surface area (Å²) in [4.78, 5) is 53.1. The van der Waals surface area contributed by atoms with Crippen molar-refractivity contribution in [1.82, 2.24) is 20.9 Å². The van der Waals surface area contributed by atoms with Crippen molar-refractivity contribution in [2.75, 3.05) is 26.7 Å². The van der Waals surface area contributed by atoms with Crippen molar-refractivity contribution in [1.29, 1.82) is 0 Å². The lowest BCUT2D eigenvalue weighted by molar-refractivity contribution is -0.138. The highest BCUT2D eigenvalue weighted by atomic mass is 19.1. The van der Waals surface area contributed by atoms with Crippen LogP contribution in [-0.2, 0) is 20.9 Å². The Balaban J connectivity index is 1.54. The zero-order valence-corrected chi connectivity index (χ0v) is 24.2. The van der Waals surface area contributed by atoms with E-state index < -0.39 is 11.9 Å². The lowest BCUT2D eigenvalue weighted by Gasteiger charge is -2.32. The van der Waals surface area contributed by atoms with Crippen molar-refractivity contribution in [3.63, 3.8) is 0 Å². The van der Waals surface area contributed by atoms with E-state index >= 15 is 0 Å². The van der Waals surface area contributed by atoms with E-state index in [0.717, 1.165) is 19.3 Å². The molecule has 5 rings (SSSR count). The molecule has 10 nitrogen and oxygen atoms in total. The molecule has 0 spiro atoms. The Morgan fingerprint density at radius 1 is 1.02 bits per heavy atom. The first-order valence-corrected chi connectivity index (χ1v) is 14.6. The summed E-state index contributed by atoms with van der Waals surface area (Å²) in [6.07, 6.45) is 4.32. The Labute approximate surface area is 245 Å². The van der Waals surface area contributed by atoms with E-state index in [9.17, 15) is 23.6 Å². The largest absolute Gasteiger partial charge is 0.493 e. The molecule has 226 valence electrons. The Hall–Kier alpha value is -4.15. The van der Waals surface area contributed by atoms with E-state index in [1.165, 1.54) is 25.3 Å². The number of carbonyl (C=O) groups is 4. The third-order valence-electron chi connectivity index (χ3n) is 7.66. The van der Waals surface area contributed by atoms with Crippen LogP contribution < -0.4 is 25.4 Å². The molecule has 4 bridgehead atoms. The number of ether oxygens (including phenoxy) is 2. The summed E-state index contributed by atoms with van der Waals surface area (Å²) >= 11 is 0. The number of benzene rings is 2. The average molecular weight is 583 g/mol. The molecule has 3 aliphatic rings. The highest BCUT2D eigenvalue weighted by molar-refractivity contribution is 5.95. The Morgan fingerprint density at radius 2 is 1.81 bits per heavy atom. The summed E-state index contributed by atoms with van der Waals surface area (Å²) < 4.78 is 26.1. The number of halogens is 1. The molecule has 11 heteroatoms. The second kappa shape index (κ2) is 14.7. The summed E-state index contributed by atoms with van der Waals surface area (Å²) in [5, 5.41) is 8.38. The Bertz CT molecular complexity index is 1300. The first kappa shape index (κ1) is 30.8. The monoisotopic (exact) mass is 582 g/mol. The summed E-state index contributed by atoms with van der Waals surface area (Å²) in [5.74, 6) is -1.12. The van der Waals surface area contributed by atoms with Crippen molar-refractivity contribution in [2.45, 2.75) is 64.5 Å². The fourth-order valence-corrected chi connectivity index (χ4v) is 4.94. The molecule has 0 radical (unpaired) electrons. The second-order valence-corrected chi connectivity index (χ2v) is 10.6. The van der Waals surface area contributed by atoms with Crippen molar-refractivity contribution < 1.29 is 33.0 Å². The number of nitrogens with zero attached hydrogens (tertiary/aromatic N) is 1. The van der Waals surface area contributed by atoms with Crippen LogP contribution >= 0.6 is 0 Å². The molecule has 1 saturated carbocycles. The Morgan fingerprint density at radius 3 is 2.50 bits per heavy atom. The molecule has 4 amide bonds. The third-order valence-corrected chi connectivity index (χ3v) is 7.66. The molecule has 2 heterocycles. The van der Waals surface area contributed by atoms with E-state index in [-0.39, 0.29) is 54.0 Å². The first-order chi connectivity index (χ1) is 20.3. The summed E-state index contributed by atoms with van der Waals surface area (Å²) in [6, 6.07) is 8.23. The fraction of sp³-hybridized carbons (Fsp3) is 0.484. The van der Waals surface area contributed by atoms with Gasteiger partial charge in [-0.3, -0.25) is 19.2 Å². The molecule has 0 aromatic heterocycles. The maximum absolute atomic E-state index is 15.0. The normalized spacial score (nSPS) is 19.5. The van der Waals surface area contributed by atoms with Crippen molar-refractivity contribution in [2.24, 2.45) is 5.92 Å². The standard InChI is InChI=1S/C31H39FN4O6/c1-3-24-30(39)34-19-20-10-12-25(23(32)17-20)42-27-18-22(11-13-26(27)41-2)29(38)33-14-6-16-36(15-5-9-28(37)35-24)31(40)21-7-4-8-21/h10-13,17-18,21,24H,3-9,14-16,19H2,1-2H3,(H,33,38)(H,34,39)(H,35,37)/t24-/m0/s1. The average Bonchev–Trinajstić information content (AvgIpc) is 2.95. The van der Waals surface area contributed by atoms with Crippen LogP contribution in [0.2, 0.25) is 0 Å². The Kier molecular flexibility index (Phi) is 10.7. The molecule has 2 aromatic carbocycles. The number of fused-ring (bicyclic) bond motifs is 16. The van der Waals surface area contributed by atoms with Gasteiger partial charge >= 0.3 is 0 Å². The SMILES string of the molecule is CC[C@@H]1NC(=O)CCCN(C(=O)C2CCC2)CCCNC(=O)c2ccc(OC)c(c2)Oc2ccc(cc2F)CNC1=O. The fourth-order valence-electron chi connectivity index (χ4n) is 4.94. The molecular formula is C31H39FN4O6. The van der Waals surface area contributed by atoms with Gasteiger partial charge in [0, 0.05) is 44.1 Å². The van der Waals surface area contributed by atoms with E-state index in [1.54, 1.807) is 30.0 Å². The van der Waals surface area contributed by atoms with Gasteiger partial charge in [0.25, 0.3) is 5.91 Å². The molecule has 2 aromatic rings. The van der Waals surface area contributed by atoms with Crippen LogP contribution in [0, 0.1) is 11.7 Å². The molecule has 2 aliphatic heterocycles. The molecule has 0 unspecified atom stereocenters. The second-order valence-electron chi connectivity index (χ2n) is 10.6. The van der Waals surface area contributed by atoms with E-state index in [0.29, 0.717) is 55.8 Å². The van der Waals surface area contributed by atoms with Gasteiger partial charge in [0.1, 0.15) is 6.04 Å². The predicted molar refractivity (Wildman–Crippen MR) is 154 cm³/mol. The number of amides is 4. The van der Waals surface area contributed by atoms with Gasteiger partial charge < -0.3 is 30.3 Å². The minimum absolute atomic E-state index is 0.0156. The number of carbonyl (C=O) groups excluding carboxylic acids is 4. The third kappa shape index (κ3) is 7.98. The number of hydrogen-bond donors (Lipinski definition) is 3. The zero-order valence-electron chi connectivity index (χ0n) is 24.2. The molecule has 0 saturated heterocycles. The van der Waals surface area contributed by atoms with E-state index in [2.05, 4.69) is 16.0 Å². The van der Waals surface area contributed by atoms with E-state index in [4.69, 9.17) is 9.47 Å². The van der Waals surface area contributed by atoms with Crippen LogP contribution in [0.1, 0.15) is 67.8 Å². The van der Waals surface area contributed by atoms with Crippen molar-refractivity contribution in [3.8, 4) is 17.2 Å². The molecule has 1 atom stereocenters. The number of methoxy groups -OCH3 is 1. The van der Waals surface area contributed by atoms with Crippen LogP contribution in [0.25, 0.3) is 0 Å². The van der Waals surface area contributed by atoms with E-state index in [1.807, 2.05) is 0 Å². The highest BCUT2D eigenvalue weighted by Crippen LogP contribution is 2.34. The molecule has 1 aliphatic carbocycles. The number of hydrogen-bond acceptors (Lipinski definition) is 6. The molecule has 1 fully saturated rings. The zero-order chi connectivity index (χ0) is 30.1. The van der Waals surface area contributed by atoms with Gasteiger partial charge in [-0.05, 0) is 68.0 Å². The van der Waals surface area contributed by atoms with Gasteiger partial charge in [0.15, 0.2) is 23.1 Å². The van der Waals surface area contributed by atoms with Crippen molar-refractivity contribution in [3.05, 3.63) is 53.3 Å².